The highest BCUT2D eigenvalue weighted by atomic mass is 16.5. The molecule has 0 bridgehead atoms. The van der Waals surface area contributed by atoms with Gasteiger partial charge in [0.2, 0.25) is 0 Å². The molecule has 31 heavy (non-hydrogen) atoms. The summed E-state index contributed by atoms with van der Waals surface area (Å²) in [6.07, 6.45) is 4.90. The largest absolute Gasteiger partial charge is 0.495 e. The average molecular weight is 417 g/mol. The highest BCUT2D eigenvalue weighted by Crippen LogP contribution is 2.23. The number of aromatic nitrogens is 5. The number of hydrogen-bond donors (Lipinski definition) is 2. The number of carbonyl (C=O) groups excluding carboxylic acids is 1. The maximum atomic E-state index is 12.6. The number of fused-ring (bicyclic) bond motifs is 1. The molecule has 3 heterocycles. The van der Waals surface area contributed by atoms with E-state index in [1.54, 1.807) is 30.3 Å². The molecule has 0 aliphatic rings. The molecule has 4 rings (SSSR count). The van der Waals surface area contributed by atoms with Crippen molar-refractivity contribution in [3.05, 3.63) is 65.7 Å². The second kappa shape index (κ2) is 8.39. The minimum Gasteiger partial charge on any atom is -0.495 e. The lowest BCUT2D eigenvalue weighted by Gasteiger charge is -2.16. The normalized spacial score (nSPS) is 11.9. The maximum absolute atomic E-state index is 12.6. The fourth-order valence-corrected chi connectivity index (χ4v) is 3.22. The minimum absolute atomic E-state index is 0.0574. The first-order valence-electron chi connectivity index (χ1n) is 9.78. The zero-order valence-electron chi connectivity index (χ0n) is 17.7. The van der Waals surface area contributed by atoms with Crippen molar-refractivity contribution in [1.82, 2.24) is 24.7 Å². The molecular formula is C22H23N7O2. The first-order valence-corrected chi connectivity index (χ1v) is 9.78. The monoisotopic (exact) mass is 417 g/mol. The van der Waals surface area contributed by atoms with Crippen molar-refractivity contribution in [3.8, 4) is 5.75 Å². The molecule has 0 aliphatic carbocycles. The molecule has 4 aromatic rings. The topological polar surface area (TPSA) is 107 Å². The van der Waals surface area contributed by atoms with Crippen molar-refractivity contribution in [3.63, 3.8) is 0 Å². The van der Waals surface area contributed by atoms with Crippen LogP contribution in [-0.2, 0) is 7.05 Å². The second-order valence-electron chi connectivity index (χ2n) is 7.19. The summed E-state index contributed by atoms with van der Waals surface area (Å²) >= 11 is 0. The number of hydrogen-bond acceptors (Lipinski definition) is 7. The lowest BCUT2D eigenvalue weighted by atomic mass is 10.1. The average Bonchev–Trinajstić information content (AvgIpc) is 3.14. The Labute approximate surface area is 179 Å². The van der Waals surface area contributed by atoms with Gasteiger partial charge in [0.1, 0.15) is 17.1 Å². The summed E-state index contributed by atoms with van der Waals surface area (Å²) in [7, 11) is 3.38. The number of methoxy groups -OCH3 is 1. The van der Waals surface area contributed by atoms with E-state index < -0.39 is 0 Å². The lowest BCUT2D eigenvalue weighted by Crippen LogP contribution is -2.14. The van der Waals surface area contributed by atoms with E-state index in [2.05, 4.69) is 30.7 Å². The molecule has 9 nitrogen and oxygen atoms in total. The molecule has 1 amide bonds. The zero-order valence-corrected chi connectivity index (χ0v) is 17.7. The van der Waals surface area contributed by atoms with Crippen LogP contribution in [0.25, 0.3) is 11.2 Å². The number of carbonyl (C=O) groups is 1. The van der Waals surface area contributed by atoms with Gasteiger partial charge in [0.15, 0.2) is 5.65 Å². The van der Waals surface area contributed by atoms with Crippen LogP contribution in [0.15, 0.2) is 48.9 Å². The van der Waals surface area contributed by atoms with Gasteiger partial charge in [0.05, 0.1) is 36.8 Å². The summed E-state index contributed by atoms with van der Waals surface area (Å²) in [5, 5.41) is 10.4. The van der Waals surface area contributed by atoms with E-state index >= 15 is 0 Å². The van der Waals surface area contributed by atoms with Crippen molar-refractivity contribution in [2.75, 3.05) is 17.7 Å². The van der Waals surface area contributed by atoms with E-state index in [-0.39, 0.29) is 11.9 Å². The van der Waals surface area contributed by atoms with E-state index in [4.69, 9.17) is 4.74 Å². The Hall–Kier alpha value is -4.01. The van der Waals surface area contributed by atoms with Gasteiger partial charge >= 0.3 is 0 Å². The Morgan fingerprint density at radius 2 is 2.00 bits per heavy atom. The fraction of sp³-hybridized carbons (Fsp3) is 0.227. The molecule has 1 atom stereocenters. The summed E-state index contributed by atoms with van der Waals surface area (Å²) in [6, 6.07) is 9.27. The summed E-state index contributed by atoms with van der Waals surface area (Å²) in [6.45, 7) is 3.85. The van der Waals surface area contributed by atoms with Crippen LogP contribution >= 0.6 is 0 Å². The van der Waals surface area contributed by atoms with Crippen molar-refractivity contribution in [1.29, 1.82) is 0 Å². The number of amides is 1. The van der Waals surface area contributed by atoms with Gasteiger partial charge in [0, 0.05) is 18.9 Å². The van der Waals surface area contributed by atoms with E-state index in [1.165, 1.54) is 6.20 Å². The number of benzene rings is 1. The summed E-state index contributed by atoms with van der Waals surface area (Å²) in [5.74, 6) is 0.970. The predicted molar refractivity (Wildman–Crippen MR) is 118 cm³/mol. The standard InChI is InChI=1S/C22H23N7O2/c1-13(26-20-12-24-18-11-25-29(3)21(18)28-20)15-6-5-7-17(8-15)27-22(30)16-9-19(31-4)14(2)23-10-16/h5-13H,1-4H3,(H,26,28)(H,27,30)/t13-/m0/s1. The SMILES string of the molecule is COc1cc(C(=O)Nc2cccc([C@H](C)Nc3cnc4cnn(C)c4n3)c2)cnc1C. The molecule has 0 aliphatic heterocycles. The Morgan fingerprint density at radius 1 is 1.16 bits per heavy atom. The van der Waals surface area contributed by atoms with Gasteiger partial charge in [-0.2, -0.15) is 5.10 Å². The summed E-state index contributed by atoms with van der Waals surface area (Å²) < 4.78 is 6.94. The molecule has 0 unspecified atom stereocenters. The molecule has 0 spiro atoms. The third kappa shape index (κ3) is 4.30. The Kier molecular flexibility index (Phi) is 5.48. The van der Waals surface area contributed by atoms with E-state index in [0.717, 1.165) is 16.8 Å². The Morgan fingerprint density at radius 3 is 2.81 bits per heavy atom. The third-order valence-electron chi connectivity index (χ3n) is 4.97. The molecule has 0 fully saturated rings. The van der Waals surface area contributed by atoms with E-state index in [9.17, 15) is 4.79 Å². The Balaban J connectivity index is 1.49. The molecule has 9 heteroatoms. The van der Waals surface area contributed by atoms with E-state index in [1.807, 2.05) is 45.2 Å². The third-order valence-corrected chi connectivity index (χ3v) is 4.97. The highest BCUT2D eigenvalue weighted by molar-refractivity contribution is 6.04. The maximum Gasteiger partial charge on any atom is 0.257 e. The van der Waals surface area contributed by atoms with Crippen LogP contribution in [0.3, 0.4) is 0 Å². The van der Waals surface area contributed by atoms with Gasteiger partial charge in [-0.05, 0) is 37.6 Å². The van der Waals surface area contributed by atoms with Crippen LogP contribution in [0.5, 0.6) is 5.75 Å². The number of pyridine rings is 1. The van der Waals surface area contributed by atoms with Gasteiger partial charge in [0.25, 0.3) is 5.91 Å². The highest BCUT2D eigenvalue weighted by Gasteiger charge is 2.13. The number of aryl methyl sites for hydroxylation is 2. The first-order chi connectivity index (χ1) is 14.9. The molecular weight excluding hydrogens is 394 g/mol. The smallest absolute Gasteiger partial charge is 0.257 e. The van der Waals surface area contributed by atoms with Crippen LogP contribution in [-0.4, -0.2) is 37.7 Å². The first kappa shape index (κ1) is 20.3. The summed E-state index contributed by atoms with van der Waals surface area (Å²) in [4.78, 5) is 25.8. The number of nitrogens with zero attached hydrogens (tertiary/aromatic N) is 5. The number of anilines is 2. The minimum atomic E-state index is -0.254. The predicted octanol–water partition coefficient (Wildman–Crippen LogP) is 3.50. The molecule has 0 saturated carbocycles. The van der Waals surface area contributed by atoms with Crippen molar-refractivity contribution in [2.45, 2.75) is 19.9 Å². The zero-order chi connectivity index (χ0) is 22.0. The molecule has 0 radical (unpaired) electrons. The quantitative estimate of drug-likeness (QED) is 0.494. The van der Waals surface area contributed by atoms with Gasteiger partial charge in [-0.15, -0.1) is 0 Å². The molecule has 0 saturated heterocycles. The van der Waals surface area contributed by atoms with Crippen molar-refractivity contribution < 1.29 is 9.53 Å². The van der Waals surface area contributed by atoms with Crippen LogP contribution in [0.2, 0.25) is 0 Å². The van der Waals surface area contributed by atoms with Crippen LogP contribution in [0, 0.1) is 6.92 Å². The number of nitrogens with one attached hydrogen (secondary N) is 2. The van der Waals surface area contributed by atoms with Gasteiger partial charge in [-0.3, -0.25) is 9.78 Å². The number of ether oxygens (including phenoxy) is 1. The van der Waals surface area contributed by atoms with Crippen molar-refractivity contribution >= 4 is 28.6 Å². The fourth-order valence-electron chi connectivity index (χ4n) is 3.22. The van der Waals surface area contributed by atoms with Gasteiger partial charge in [-0.25, -0.2) is 14.6 Å². The van der Waals surface area contributed by atoms with Crippen LogP contribution in [0.4, 0.5) is 11.5 Å². The van der Waals surface area contributed by atoms with Crippen LogP contribution < -0.4 is 15.4 Å². The summed E-state index contributed by atoms with van der Waals surface area (Å²) in [5.41, 5.74) is 4.29. The molecule has 1 aromatic carbocycles. The second-order valence-corrected chi connectivity index (χ2v) is 7.19. The number of rotatable bonds is 6. The van der Waals surface area contributed by atoms with E-state index in [0.29, 0.717) is 28.5 Å². The van der Waals surface area contributed by atoms with Crippen LogP contribution in [0.1, 0.15) is 34.6 Å². The molecule has 2 N–H and O–H groups in total. The lowest BCUT2D eigenvalue weighted by molar-refractivity contribution is 0.102. The molecule has 3 aromatic heterocycles. The van der Waals surface area contributed by atoms with Gasteiger partial charge in [-0.1, -0.05) is 12.1 Å². The van der Waals surface area contributed by atoms with Crippen molar-refractivity contribution in [2.24, 2.45) is 7.05 Å². The van der Waals surface area contributed by atoms with Gasteiger partial charge < -0.3 is 15.4 Å². The Bertz CT molecular complexity index is 1250. The molecule has 158 valence electrons.